The summed E-state index contributed by atoms with van der Waals surface area (Å²) in [6.45, 7) is 6.61. The van der Waals surface area contributed by atoms with E-state index in [0.29, 0.717) is 5.95 Å². The molecule has 17 heavy (non-hydrogen) atoms. The maximum absolute atomic E-state index is 5.65. The first-order chi connectivity index (χ1) is 8.10. The summed E-state index contributed by atoms with van der Waals surface area (Å²) >= 11 is 0. The number of hydrogen-bond acceptors (Lipinski definition) is 4. The van der Waals surface area contributed by atoms with Crippen molar-refractivity contribution >= 4 is 17.1 Å². The average molecular weight is 233 g/mol. The van der Waals surface area contributed by atoms with Crippen LogP contribution in [0.25, 0.3) is 11.2 Å². The Hall–Kier alpha value is -1.65. The Balaban J connectivity index is 2.57. The predicted molar refractivity (Wildman–Crippen MR) is 68.6 cm³/mol. The van der Waals surface area contributed by atoms with E-state index in [4.69, 9.17) is 5.73 Å². The highest BCUT2D eigenvalue weighted by atomic mass is 15.2. The molecule has 0 spiro atoms. The first kappa shape index (κ1) is 11.8. The van der Waals surface area contributed by atoms with Gasteiger partial charge in [0, 0.05) is 5.54 Å². The van der Waals surface area contributed by atoms with E-state index in [1.165, 1.54) is 0 Å². The van der Waals surface area contributed by atoms with Gasteiger partial charge in [0.05, 0.1) is 12.5 Å². The Kier molecular flexibility index (Phi) is 3.00. The fraction of sp³-hybridized carbons (Fsp3) is 0.583. The number of anilines is 1. The van der Waals surface area contributed by atoms with E-state index in [1.807, 2.05) is 6.33 Å². The monoisotopic (exact) mass is 233 g/mol. The largest absolute Gasteiger partial charge is 0.368 e. The molecule has 0 aliphatic carbocycles. The molecule has 2 aromatic rings. The summed E-state index contributed by atoms with van der Waals surface area (Å²) in [6, 6.07) is 0. The highest BCUT2D eigenvalue weighted by molar-refractivity contribution is 5.70. The Bertz CT molecular complexity index is 519. The third-order valence-electron chi connectivity index (χ3n) is 3.44. The molecule has 2 N–H and O–H groups in total. The van der Waals surface area contributed by atoms with Crippen LogP contribution in [0.1, 0.15) is 40.0 Å². The van der Waals surface area contributed by atoms with Crippen molar-refractivity contribution in [3.8, 4) is 0 Å². The molecular weight excluding hydrogens is 214 g/mol. The van der Waals surface area contributed by atoms with Crippen LogP contribution in [0, 0.1) is 0 Å². The molecule has 0 aliphatic rings. The normalized spacial score (nSPS) is 15.0. The van der Waals surface area contributed by atoms with Gasteiger partial charge in [0.1, 0.15) is 5.52 Å². The Labute approximate surface area is 101 Å². The van der Waals surface area contributed by atoms with Gasteiger partial charge in [-0.05, 0) is 19.8 Å². The standard InChI is InChI=1S/C12H19N5/c1-4-6-12(3,5-2)17-8-15-9-7-14-11(13)16-10(9)17/h7-8H,4-6H2,1-3H3,(H2,13,14,16). The van der Waals surface area contributed by atoms with Crippen LogP contribution in [0.5, 0.6) is 0 Å². The van der Waals surface area contributed by atoms with E-state index in [0.717, 1.165) is 30.4 Å². The molecule has 92 valence electrons. The van der Waals surface area contributed by atoms with Gasteiger partial charge in [0.15, 0.2) is 5.65 Å². The zero-order valence-corrected chi connectivity index (χ0v) is 10.6. The Morgan fingerprint density at radius 2 is 2.12 bits per heavy atom. The molecule has 2 rings (SSSR count). The van der Waals surface area contributed by atoms with Crippen LogP contribution in [0.3, 0.4) is 0 Å². The van der Waals surface area contributed by atoms with Crippen LogP contribution in [-0.2, 0) is 5.54 Å². The topological polar surface area (TPSA) is 69.6 Å². The number of nitrogen functional groups attached to an aromatic ring is 1. The van der Waals surface area contributed by atoms with Crippen molar-refractivity contribution < 1.29 is 0 Å². The van der Waals surface area contributed by atoms with Gasteiger partial charge < -0.3 is 10.3 Å². The summed E-state index contributed by atoms with van der Waals surface area (Å²) in [7, 11) is 0. The number of nitrogens with zero attached hydrogens (tertiary/aromatic N) is 4. The molecule has 5 nitrogen and oxygen atoms in total. The third-order valence-corrected chi connectivity index (χ3v) is 3.44. The number of nitrogens with two attached hydrogens (primary N) is 1. The van der Waals surface area contributed by atoms with E-state index < -0.39 is 0 Å². The minimum Gasteiger partial charge on any atom is -0.368 e. The minimum absolute atomic E-state index is 0.0459. The summed E-state index contributed by atoms with van der Waals surface area (Å²) in [5.41, 5.74) is 7.32. The van der Waals surface area contributed by atoms with Gasteiger partial charge in [-0.25, -0.2) is 9.97 Å². The smallest absolute Gasteiger partial charge is 0.222 e. The van der Waals surface area contributed by atoms with Crippen LogP contribution in [-0.4, -0.2) is 19.5 Å². The van der Waals surface area contributed by atoms with Gasteiger partial charge >= 0.3 is 0 Å². The summed E-state index contributed by atoms with van der Waals surface area (Å²) in [5.74, 6) is 0.300. The van der Waals surface area contributed by atoms with E-state index >= 15 is 0 Å². The average Bonchev–Trinajstić information content (AvgIpc) is 2.72. The molecule has 0 bridgehead atoms. The lowest BCUT2D eigenvalue weighted by Gasteiger charge is -2.30. The van der Waals surface area contributed by atoms with Crippen molar-refractivity contribution in [2.45, 2.75) is 45.6 Å². The van der Waals surface area contributed by atoms with Gasteiger partial charge in [-0.15, -0.1) is 0 Å². The van der Waals surface area contributed by atoms with Crippen LogP contribution in [0.4, 0.5) is 5.95 Å². The molecule has 2 aromatic heterocycles. The fourth-order valence-electron chi connectivity index (χ4n) is 2.22. The molecule has 0 saturated carbocycles. The number of rotatable bonds is 4. The minimum atomic E-state index is 0.0459. The lowest BCUT2D eigenvalue weighted by Crippen LogP contribution is -2.28. The lowest BCUT2D eigenvalue weighted by molar-refractivity contribution is 0.285. The number of imidazole rings is 1. The highest BCUT2D eigenvalue weighted by Gasteiger charge is 2.25. The molecule has 0 fully saturated rings. The number of aromatic nitrogens is 4. The van der Waals surface area contributed by atoms with Gasteiger partial charge in [0.25, 0.3) is 0 Å². The second kappa shape index (κ2) is 4.31. The molecule has 1 unspecified atom stereocenters. The molecule has 2 heterocycles. The predicted octanol–water partition coefficient (Wildman–Crippen LogP) is 2.33. The van der Waals surface area contributed by atoms with Crippen LogP contribution in [0.2, 0.25) is 0 Å². The van der Waals surface area contributed by atoms with Crippen LogP contribution >= 0.6 is 0 Å². The second-order valence-corrected chi connectivity index (χ2v) is 4.65. The highest BCUT2D eigenvalue weighted by Crippen LogP contribution is 2.29. The van der Waals surface area contributed by atoms with Gasteiger partial charge in [-0.1, -0.05) is 20.3 Å². The number of fused-ring (bicyclic) bond motifs is 1. The zero-order valence-electron chi connectivity index (χ0n) is 10.6. The Morgan fingerprint density at radius 1 is 1.35 bits per heavy atom. The van der Waals surface area contributed by atoms with Crippen molar-refractivity contribution in [1.82, 2.24) is 19.5 Å². The third kappa shape index (κ3) is 1.97. The zero-order chi connectivity index (χ0) is 12.5. The lowest BCUT2D eigenvalue weighted by atomic mass is 9.93. The van der Waals surface area contributed by atoms with Crippen molar-refractivity contribution in [3.05, 3.63) is 12.5 Å². The van der Waals surface area contributed by atoms with Crippen LogP contribution < -0.4 is 5.73 Å². The molecule has 0 amide bonds. The fourth-order valence-corrected chi connectivity index (χ4v) is 2.22. The van der Waals surface area contributed by atoms with Gasteiger partial charge in [-0.2, -0.15) is 4.98 Å². The van der Waals surface area contributed by atoms with E-state index in [1.54, 1.807) is 6.20 Å². The number of hydrogen-bond donors (Lipinski definition) is 1. The van der Waals surface area contributed by atoms with Gasteiger partial charge in [-0.3, -0.25) is 0 Å². The summed E-state index contributed by atoms with van der Waals surface area (Å²) in [6.07, 6.45) is 6.79. The SMILES string of the molecule is CCCC(C)(CC)n1cnc2cnc(N)nc21. The molecule has 1 atom stereocenters. The Morgan fingerprint density at radius 3 is 2.76 bits per heavy atom. The molecule has 0 saturated heterocycles. The summed E-state index contributed by atoms with van der Waals surface area (Å²) < 4.78 is 2.13. The second-order valence-electron chi connectivity index (χ2n) is 4.65. The van der Waals surface area contributed by atoms with E-state index in [9.17, 15) is 0 Å². The first-order valence-electron chi connectivity index (χ1n) is 6.06. The van der Waals surface area contributed by atoms with Crippen molar-refractivity contribution in [3.63, 3.8) is 0 Å². The molecular formula is C12H19N5. The van der Waals surface area contributed by atoms with Crippen molar-refractivity contribution in [2.75, 3.05) is 5.73 Å². The summed E-state index contributed by atoms with van der Waals surface area (Å²) in [5, 5.41) is 0. The van der Waals surface area contributed by atoms with Gasteiger partial charge in [0.2, 0.25) is 5.95 Å². The van der Waals surface area contributed by atoms with Crippen LogP contribution in [0.15, 0.2) is 12.5 Å². The molecule has 0 aromatic carbocycles. The summed E-state index contributed by atoms with van der Waals surface area (Å²) in [4.78, 5) is 12.6. The quantitative estimate of drug-likeness (QED) is 0.880. The maximum atomic E-state index is 5.65. The molecule has 0 radical (unpaired) electrons. The first-order valence-corrected chi connectivity index (χ1v) is 6.06. The van der Waals surface area contributed by atoms with Crippen molar-refractivity contribution in [1.29, 1.82) is 0 Å². The van der Waals surface area contributed by atoms with E-state index in [-0.39, 0.29) is 5.54 Å². The molecule has 5 heteroatoms. The van der Waals surface area contributed by atoms with Crippen molar-refractivity contribution in [2.24, 2.45) is 0 Å². The maximum Gasteiger partial charge on any atom is 0.222 e. The van der Waals surface area contributed by atoms with E-state index in [2.05, 4.69) is 40.3 Å². The molecule has 0 aliphatic heterocycles.